The summed E-state index contributed by atoms with van der Waals surface area (Å²) in [6, 6.07) is 43.1. The molecule has 0 atom stereocenters. The van der Waals surface area contributed by atoms with Gasteiger partial charge < -0.3 is 0 Å². The first-order valence-corrected chi connectivity index (χ1v) is 25.7. The molecule has 0 heterocycles. The van der Waals surface area contributed by atoms with Gasteiger partial charge in [-0.2, -0.15) is 0 Å². The first-order chi connectivity index (χ1) is 19.4. The second-order valence-corrected chi connectivity index (χ2v) is 22.2. The molecule has 0 aliphatic rings. The van der Waals surface area contributed by atoms with Crippen LogP contribution in [0, 0.1) is 30.4 Å². The zero-order chi connectivity index (χ0) is 28.7. The SMILES string of the molecule is Fc1c(F)c(I)c(F)c(F)c1I.c1ccc([Se][Se]c2ccccc2)cc1.c1ccc([Se][Se]c2ccccc2)cc1. The van der Waals surface area contributed by atoms with Gasteiger partial charge in [-0.05, 0) is 45.2 Å². The summed E-state index contributed by atoms with van der Waals surface area (Å²) in [6.45, 7) is 0. The Morgan fingerprint density at radius 2 is 0.500 bits per heavy atom. The van der Waals surface area contributed by atoms with Crippen LogP contribution in [0.3, 0.4) is 0 Å². The predicted octanol–water partition coefficient (Wildman–Crippen LogP) is 5.37. The van der Waals surface area contributed by atoms with Gasteiger partial charge in [-0.3, -0.25) is 0 Å². The minimum absolute atomic E-state index is 0.635. The average molecular weight is 1030 g/mol. The van der Waals surface area contributed by atoms with Crippen molar-refractivity contribution in [2.24, 2.45) is 0 Å². The molecule has 206 valence electrons. The summed E-state index contributed by atoms with van der Waals surface area (Å²) in [5.74, 6) is -5.39. The van der Waals surface area contributed by atoms with E-state index in [-0.39, 0.29) is 0 Å². The van der Waals surface area contributed by atoms with Crippen LogP contribution in [0.15, 0.2) is 121 Å². The van der Waals surface area contributed by atoms with E-state index in [1.165, 1.54) is 63.0 Å². The fourth-order valence-electron chi connectivity index (χ4n) is 2.67. The van der Waals surface area contributed by atoms with Gasteiger partial charge in [-0.25, -0.2) is 17.6 Å². The van der Waals surface area contributed by atoms with Crippen LogP contribution < -0.4 is 17.8 Å². The normalized spacial score (nSPS) is 10.2. The van der Waals surface area contributed by atoms with Crippen LogP contribution in [0.4, 0.5) is 17.6 Å². The van der Waals surface area contributed by atoms with E-state index in [1.807, 2.05) is 0 Å². The maximum atomic E-state index is 12.6. The van der Waals surface area contributed by atoms with Crippen molar-refractivity contribution in [3.63, 3.8) is 0 Å². The van der Waals surface area contributed by atoms with Gasteiger partial charge in [0.25, 0.3) is 0 Å². The number of halogens is 6. The Morgan fingerprint density at radius 3 is 0.675 bits per heavy atom. The van der Waals surface area contributed by atoms with Gasteiger partial charge >= 0.3 is 192 Å². The molecule has 0 aliphatic carbocycles. The van der Waals surface area contributed by atoms with Gasteiger partial charge in [0.15, 0.2) is 23.3 Å². The molecule has 0 spiro atoms. The second kappa shape index (κ2) is 18.8. The molecule has 0 unspecified atom stereocenters. The first kappa shape index (κ1) is 33.9. The van der Waals surface area contributed by atoms with Crippen LogP contribution in [0.2, 0.25) is 0 Å². The van der Waals surface area contributed by atoms with E-state index in [4.69, 9.17) is 0 Å². The number of hydrogen-bond donors (Lipinski definition) is 0. The first-order valence-electron chi connectivity index (χ1n) is 11.4. The Labute approximate surface area is 281 Å². The van der Waals surface area contributed by atoms with E-state index in [0.29, 0.717) is 52.5 Å². The molecule has 5 rings (SSSR count). The molecule has 0 fully saturated rings. The van der Waals surface area contributed by atoms with Crippen molar-refractivity contribution in [2.45, 2.75) is 0 Å². The third kappa shape index (κ3) is 11.6. The van der Waals surface area contributed by atoms with Gasteiger partial charge in [0.1, 0.15) is 0 Å². The van der Waals surface area contributed by atoms with Crippen LogP contribution >= 0.6 is 45.2 Å². The van der Waals surface area contributed by atoms with Crippen molar-refractivity contribution in [1.29, 1.82) is 0 Å². The predicted molar refractivity (Wildman–Crippen MR) is 179 cm³/mol. The third-order valence-corrected chi connectivity index (χ3v) is 20.9. The molecule has 0 nitrogen and oxygen atoms in total. The van der Waals surface area contributed by atoms with Gasteiger partial charge in [0.05, 0.1) is 7.14 Å². The fourth-order valence-corrected chi connectivity index (χ4v) is 15.7. The molecule has 40 heavy (non-hydrogen) atoms. The van der Waals surface area contributed by atoms with E-state index >= 15 is 0 Å². The Bertz CT molecular complexity index is 1180. The minimum atomic E-state index is -1.35. The van der Waals surface area contributed by atoms with E-state index in [0.717, 1.165) is 0 Å². The Balaban J connectivity index is 0.000000166. The van der Waals surface area contributed by atoms with Gasteiger partial charge in [0.2, 0.25) is 0 Å². The summed E-state index contributed by atoms with van der Waals surface area (Å²) in [5, 5.41) is 0. The van der Waals surface area contributed by atoms with Gasteiger partial charge in [-0.15, -0.1) is 0 Å². The number of hydrogen-bond acceptors (Lipinski definition) is 0. The molecule has 0 amide bonds. The summed E-state index contributed by atoms with van der Waals surface area (Å²) in [7, 11) is 0. The molecule has 5 aromatic rings. The molecule has 0 saturated carbocycles. The summed E-state index contributed by atoms with van der Waals surface area (Å²) >= 11 is 4.95. The number of rotatable bonds is 6. The third-order valence-electron chi connectivity index (χ3n) is 4.60. The van der Waals surface area contributed by atoms with Crippen LogP contribution in [-0.2, 0) is 0 Å². The second-order valence-electron chi connectivity index (χ2n) is 7.47. The van der Waals surface area contributed by atoms with Crippen molar-refractivity contribution in [3.8, 4) is 0 Å². The molecule has 0 saturated heterocycles. The quantitative estimate of drug-likeness (QED) is 0.0707. The van der Waals surface area contributed by atoms with Gasteiger partial charge in [0, 0.05) is 0 Å². The molecule has 0 bridgehead atoms. The zero-order valence-electron chi connectivity index (χ0n) is 20.4. The Kier molecular flexibility index (Phi) is 15.9. The van der Waals surface area contributed by atoms with Crippen molar-refractivity contribution < 1.29 is 17.6 Å². The van der Waals surface area contributed by atoms with E-state index in [1.54, 1.807) is 0 Å². The molecule has 0 aliphatic heterocycles. The summed E-state index contributed by atoms with van der Waals surface area (Å²) in [4.78, 5) is 0. The Morgan fingerprint density at radius 1 is 0.325 bits per heavy atom. The fraction of sp³-hybridized carbons (Fsp3) is 0. The van der Waals surface area contributed by atoms with E-state index < -0.39 is 30.4 Å². The summed E-state index contributed by atoms with van der Waals surface area (Å²) < 4.78 is 55.2. The van der Waals surface area contributed by atoms with Crippen molar-refractivity contribution in [2.75, 3.05) is 0 Å². The van der Waals surface area contributed by atoms with Crippen molar-refractivity contribution >= 4 is 116 Å². The van der Waals surface area contributed by atoms with Crippen LogP contribution in [0.5, 0.6) is 0 Å². The molecular formula is C30H20F4I2Se4. The summed E-state index contributed by atoms with van der Waals surface area (Å²) in [5.41, 5.74) is 0. The molecular weight excluding hydrogens is 1010 g/mol. The van der Waals surface area contributed by atoms with E-state index in [2.05, 4.69) is 121 Å². The van der Waals surface area contributed by atoms with Crippen molar-refractivity contribution in [1.82, 2.24) is 0 Å². The molecule has 10 heteroatoms. The van der Waals surface area contributed by atoms with Crippen LogP contribution in [-0.4, -0.2) is 52.5 Å². The van der Waals surface area contributed by atoms with Crippen molar-refractivity contribution in [3.05, 3.63) is 152 Å². The monoisotopic (exact) mass is 1030 g/mol. The van der Waals surface area contributed by atoms with Crippen LogP contribution in [0.25, 0.3) is 0 Å². The molecule has 0 radical (unpaired) electrons. The van der Waals surface area contributed by atoms with Gasteiger partial charge in [-0.1, -0.05) is 0 Å². The molecule has 0 aromatic heterocycles. The number of benzene rings is 5. The molecule has 5 aromatic carbocycles. The van der Waals surface area contributed by atoms with E-state index in [9.17, 15) is 17.6 Å². The molecule has 0 N–H and O–H groups in total. The Hall–Kier alpha value is -0.642. The van der Waals surface area contributed by atoms with Crippen LogP contribution in [0.1, 0.15) is 0 Å². The zero-order valence-corrected chi connectivity index (χ0v) is 31.6. The standard InChI is InChI=1S/2C12H10Se2.C6F4I2/c2*1-3-7-11(8-4-1)13-14-12-9-5-2-6-10-12;7-1-2(8)6(12)4(10)3(9)5(1)11/h2*1-10H;. The topological polar surface area (TPSA) is 0 Å². The summed E-state index contributed by atoms with van der Waals surface area (Å²) in [6.07, 6.45) is 0. The maximum absolute atomic E-state index is 12.6. The average Bonchev–Trinajstić information content (AvgIpc) is 3.02.